The van der Waals surface area contributed by atoms with Gasteiger partial charge >= 0.3 is 15.5 Å². The highest BCUT2D eigenvalue weighted by molar-refractivity contribution is 7.98. The summed E-state index contributed by atoms with van der Waals surface area (Å²) in [6.07, 6.45) is 4.79. The first kappa shape index (κ1) is 22.9. The lowest BCUT2D eigenvalue weighted by molar-refractivity contribution is -0.0494. The number of aliphatic imine (C=N–C) groups is 1. The van der Waals surface area contributed by atoms with Gasteiger partial charge in [-0.1, -0.05) is 0 Å². The number of nitrogens with zero attached hydrogens (tertiary/aromatic N) is 2. The van der Waals surface area contributed by atoms with Gasteiger partial charge in [-0.05, 0) is 31.2 Å². The Bertz CT molecular complexity index is 716. The number of alkyl halides is 3. The van der Waals surface area contributed by atoms with E-state index in [1.165, 1.54) is 0 Å². The van der Waals surface area contributed by atoms with E-state index in [9.17, 15) is 21.6 Å². The van der Waals surface area contributed by atoms with Gasteiger partial charge in [0.15, 0.2) is 5.96 Å². The molecule has 0 bridgehead atoms. The highest BCUT2D eigenvalue weighted by Crippen LogP contribution is 2.28. The largest absolute Gasteiger partial charge is 0.511 e. The summed E-state index contributed by atoms with van der Waals surface area (Å²) in [6, 6.07) is 3.53. The standard InChI is InChI=1S/C16H25F3N4O3S2/c1-27-12-8-21-15(20-7-4-14-3-2-11-26-14)22-13-5-9-23(10-6-13)28(24,25)16(17,18)19/h2-3,11,13H,4-10,12H2,1H3,(H2,20,21,22). The molecule has 1 aliphatic rings. The van der Waals surface area contributed by atoms with Gasteiger partial charge in [0.2, 0.25) is 0 Å². The molecule has 160 valence electrons. The maximum Gasteiger partial charge on any atom is 0.511 e. The maximum absolute atomic E-state index is 12.7. The minimum Gasteiger partial charge on any atom is -0.469 e. The zero-order valence-electron chi connectivity index (χ0n) is 15.5. The number of hydrogen-bond donors (Lipinski definition) is 2. The summed E-state index contributed by atoms with van der Waals surface area (Å²) in [4.78, 5) is 4.46. The third kappa shape index (κ3) is 6.59. The SMILES string of the molecule is CSCCN=C(NCCc1ccco1)NC1CCN(S(=O)(=O)C(F)(F)F)CC1. The third-order valence-corrected chi connectivity index (χ3v) is 6.46. The molecule has 7 nitrogen and oxygen atoms in total. The first-order valence-corrected chi connectivity index (χ1v) is 11.7. The van der Waals surface area contributed by atoms with Crippen LogP contribution < -0.4 is 10.6 Å². The van der Waals surface area contributed by atoms with Crippen molar-refractivity contribution in [3.8, 4) is 0 Å². The molecule has 0 unspecified atom stereocenters. The smallest absolute Gasteiger partial charge is 0.469 e. The van der Waals surface area contributed by atoms with Crippen molar-refractivity contribution < 1.29 is 26.0 Å². The lowest BCUT2D eigenvalue weighted by Gasteiger charge is -2.32. The van der Waals surface area contributed by atoms with Gasteiger partial charge in [-0.2, -0.15) is 29.2 Å². The summed E-state index contributed by atoms with van der Waals surface area (Å²) in [6.45, 7) is 0.826. The van der Waals surface area contributed by atoms with E-state index in [0.29, 0.717) is 29.8 Å². The average molecular weight is 443 g/mol. The zero-order valence-corrected chi connectivity index (χ0v) is 17.2. The van der Waals surface area contributed by atoms with Gasteiger partial charge in [-0.15, -0.1) is 0 Å². The van der Waals surface area contributed by atoms with Crippen molar-refractivity contribution in [3.63, 3.8) is 0 Å². The molecule has 2 N–H and O–H groups in total. The average Bonchev–Trinajstić information content (AvgIpc) is 3.15. The topological polar surface area (TPSA) is 86.9 Å². The second-order valence-electron chi connectivity index (χ2n) is 6.25. The van der Waals surface area contributed by atoms with Crippen LogP contribution in [0.5, 0.6) is 0 Å². The van der Waals surface area contributed by atoms with Crippen molar-refractivity contribution in [2.45, 2.75) is 30.8 Å². The Kier molecular flexibility index (Phi) is 8.50. The van der Waals surface area contributed by atoms with Crippen molar-refractivity contribution in [1.82, 2.24) is 14.9 Å². The summed E-state index contributed by atoms with van der Waals surface area (Å²) in [5.74, 6) is 2.24. The quantitative estimate of drug-likeness (QED) is 0.364. The Morgan fingerprint density at radius 3 is 2.68 bits per heavy atom. The second-order valence-corrected chi connectivity index (χ2v) is 9.16. The molecule has 0 atom stereocenters. The van der Waals surface area contributed by atoms with Gasteiger partial charge in [-0.25, -0.2) is 8.42 Å². The van der Waals surface area contributed by atoms with Crippen LogP contribution in [-0.4, -0.2) is 68.4 Å². The van der Waals surface area contributed by atoms with Crippen LogP contribution in [0.2, 0.25) is 0 Å². The van der Waals surface area contributed by atoms with E-state index in [1.54, 1.807) is 18.0 Å². The van der Waals surface area contributed by atoms with Crippen LogP contribution in [0.1, 0.15) is 18.6 Å². The fraction of sp³-hybridized carbons (Fsp3) is 0.688. The van der Waals surface area contributed by atoms with Crippen LogP contribution in [0.3, 0.4) is 0 Å². The summed E-state index contributed by atoms with van der Waals surface area (Å²) >= 11 is 1.66. The molecule has 1 fully saturated rings. The molecule has 2 rings (SSSR count). The molecule has 0 spiro atoms. The monoisotopic (exact) mass is 442 g/mol. The minimum atomic E-state index is -5.26. The van der Waals surface area contributed by atoms with Crippen LogP contribution in [0.25, 0.3) is 0 Å². The van der Waals surface area contributed by atoms with Crippen molar-refractivity contribution >= 4 is 27.7 Å². The summed E-state index contributed by atoms with van der Waals surface area (Å²) in [7, 11) is -5.26. The zero-order chi connectivity index (χ0) is 20.6. The van der Waals surface area contributed by atoms with Gasteiger partial charge in [0.05, 0.1) is 12.8 Å². The summed E-state index contributed by atoms with van der Waals surface area (Å²) < 4.78 is 66.8. The molecule has 1 saturated heterocycles. The van der Waals surface area contributed by atoms with Crippen LogP contribution in [0, 0.1) is 0 Å². The Morgan fingerprint density at radius 2 is 2.11 bits per heavy atom. The van der Waals surface area contributed by atoms with E-state index >= 15 is 0 Å². The van der Waals surface area contributed by atoms with Gasteiger partial charge in [0.1, 0.15) is 5.76 Å². The lowest BCUT2D eigenvalue weighted by Crippen LogP contribution is -2.52. The number of nitrogens with one attached hydrogen (secondary N) is 2. The highest BCUT2D eigenvalue weighted by atomic mass is 32.2. The molecule has 0 aliphatic carbocycles. The minimum absolute atomic E-state index is 0.149. The van der Waals surface area contributed by atoms with E-state index in [2.05, 4.69) is 15.6 Å². The van der Waals surface area contributed by atoms with Crippen LogP contribution in [0.15, 0.2) is 27.8 Å². The van der Waals surface area contributed by atoms with Gasteiger partial charge in [-0.3, -0.25) is 4.99 Å². The van der Waals surface area contributed by atoms with Gasteiger partial charge < -0.3 is 15.1 Å². The van der Waals surface area contributed by atoms with Crippen LogP contribution >= 0.6 is 11.8 Å². The Balaban J connectivity index is 1.87. The second kappa shape index (κ2) is 10.4. The number of thioether (sulfide) groups is 1. The Labute approximate surface area is 167 Å². The number of hydrogen-bond acceptors (Lipinski definition) is 5. The number of furan rings is 1. The summed E-state index contributed by atoms with van der Waals surface area (Å²) in [5.41, 5.74) is -5.26. The molecule has 0 amide bonds. The van der Waals surface area contributed by atoms with Crippen molar-refractivity contribution in [2.24, 2.45) is 4.99 Å². The molecule has 0 saturated carbocycles. The number of halogens is 3. The molecule has 12 heteroatoms. The molecular formula is C16H25F3N4O3S2. The van der Waals surface area contributed by atoms with Crippen LogP contribution in [-0.2, 0) is 16.4 Å². The van der Waals surface area contributed by atoms with Gasteiger partial charge in [0.25, 0.3) is 0 Å². The number of piperidine rings is 1. The lowest BCUT2D eigenvalue weighted by atomic mass is 10.1. The van der Waals surface area contributed by atoms with E-state index in [0.717, 1.165) is 11.5 Å². The first-order valence-electron chi connectivity index (χ1n) is 8.86. The summed E-state index contributed by atoms with van der Waals surface area (Å²) in [5, 5.41) is 6.39. The molecule has 2 heterocycles. The van der Waals surface area contributed by atoms with Crippen molar-refractivity contribution in [2.75, 3.05) is 38.2 Å². The van der Waals surface area contributed by atoms with E-state index < -0.39 is 15.5 Å². The van der Waals surface area contributed by atoms with Crippen molar-refractivity contribution in [3.05, 3.63) is 24.2 Å². The molecule has 1 aromatic rings. The van der Waals surface area contributed by atoms with Crippen LogP contribution in [0.4, 0.5) is 13.2 Å². The molecule has 1 aromatic heterocycles. The van der Waals surface area contributed by atoms with Crippen molar-refractivity contribution in [1.29, 1.82) is 0 Å². The fourth-order valence-corrected chi connectivity index (χ4v) is 4.00. The van der Waals surface area contributed by atoms with Gasteiger partial charge in [0, 0.05) is 37.8 Å². The maximum atomic E-state index is 12.7. The highest BCUT2D eigenvalue weighted by Gasteiger charge is 2.50. The normalized spacial score (nSPS) is 17.6. The first-order chi connectivity index (χ1) is 13.2. The van der Waals surface area contributed by atoms with E-state index in [4.69, 9.17) is 4.42 Å². The fourth-order valence-electron chi connectivity index (χ4n) is 2.74. The Hall–Kier alpha value is -1.40. The number of guanidine groups is 1. The molecule has 28 heavy (non-hydrogen) atoms. The molecule has 0 radical (unpaired) electrons. The molecular weight excluding hydrogens is 417 g/mol. The predicted octanol–water partition coefficient (Wildman–Crippen LogP) is 2.03. The van der Waals surface area contributed by atoms with E-state index in [1.807, 2.05) is 18.4 Å². The molecule has 0 aromatic carbocycles. The predicted molar refractivity (Wildman–Crippen MR) is 104 cm³/mol. The Morgan fingerprint density at radius 1 is 1.39 bits per heavy atom. The van der Waals surface area contributed by atoms with E-state index in [-0.39, 0.29) is 32.0 Å². The number of rotatable bonds is 8. The third-order valence-electron chi connectivity index (χ3n) is 4.24. The molecule has 1 aliphatic heterocycles. The number of sulfonamides is 1.